The van der Waals surface area contributed by atoms with Gasteiger partial charge in [0.15, 0.2) is 0 Å². The zero-order valence-corrected chi connectivity index (χ0v) is 22.2. The van der Waals surface area contributed by atoms with Gasteiger partial charge in [0.2, 0.25) is 0 Å². The van der Waals surface area contributed by atoms with Gasteiger partial charge >= 0.3 is 6.18 Å². The predicted octanol–water partition coefficient (Wildman–Crippen LogP) is 9.82. The molecule has 1 aromatic rings. The maximum Gasteiger partial charge on any atom is 0.389 e. The summed E-state index contributed by atoms with van der Waals surface area (Å²) in [5.74, 6) is 0.697. The molecule has 5 heteroatoms. The first-order chi connectivity index (χ1) is 16.9. The Morgan fingerprint density at radius 1 is 0.857 bits per heavy atom. The molecule has 2 atom stereocenters. The minimum Gasteiger partial charge on any atom is -0.379 e. The molecule has 0 aromatic heterocycles. The van der Waals surface area contributed by atoms with Gasteiger partial charge in [0.05, 0.1) is 19.3 Å². The number of rotatable bonds is 22. The van der Waals surface area contributed by atoms with Crippen molar-refractivity contribution in [3.05, 3.63) is 48.0 Å². The highest BCUT2D eigenvalue weighted by atomic mass is 19.4. The van der Waals surface area contributed by atoms with Gasteiger partial charge in [0.25, 0.3) is 0 Å². The number of benzene rings is 1. The predicted molar refractivity (Wildman–Crippen MR) is 141 cm³/mol. The molecule has 1 rings (SSSR count). The van der Waals surface area contributed by atoms with E-state index in [4.69, 9.17) is 9.47 Å². The van der Waals surface area contributed by atoms with Crippen LogP contribution in [-0.2, 0) is 16.1 Å². The molecule has 0 heterocycles. The van der Waals surface area contributed by atoms with E-state index in [9.17, 15) is 13.2 Å². The SMILES string of the molecule is CCC(COCCCC/C=C/CC(C)CCCCCCCCCC(F)(F)F)OCc1ccccc1. The van der Waals surface area contributed by atoms with Crippen molar-refractivity contribution in [3.8, 4) is 0 Å². The molecule has 0 radical (unpaired) electrons. The molecule has 0 bridgehead atoms. The van der Waals surface area contributed by atoms with E-state index in [1.165, 1.54) is 24.8 Å². The van der Waals surface area contributed by atoms with E-state index in [2.05, 4.69) is 38.1 Å². The highest BCUT2D eigenvalue weighted by Gasteiger charge is 2.25. The quantitative estimate of drug-likeness (QED) is 0.117. The lowest BCUT2D eigenvalue weighted by atomic mass is 9.98. The molecular weight excluding hydrogens is 449 g/mol. The topological polar surface area (TPSA) is 18.5 Å². The van der Waals surface area contributed by atoms with Crippen LogP contribution < -0.4 is 0 Å². The van der Waals surface area contributed by atoms with Crippen molar-refractivity contribution in [1.29, 1.82) is 0 Å². The minimum absolute atomic E-state index is 0.153. The number of hydrogen-bond acceptors (Lipinski definition) is 2. The first-order valence-corrected chi connectivity index (χ1v) is 13.9. The molecule has 0 saturated heterocycles. The van der Waals surface area contributed by atoms with Gasteiger partial charge in [0.1, 0.15) is 0 Å². The van der Waals surface area contributed by atoms with Crippen LogP contribution in [0.1, 0.15) is 109 Å². The molecule has 0 aliphatic heterocycles. The summed E-state index contributed by atoms with van der Waals surface area (Å²) in [4.78, 5) is 0. The summed E-state index contributed by atoms with van der Waals surface area (Å²) < 4.78 is 48.1. The summed E-state index contributed by atoms with van der Waals surface area (Å²) in [5, 5.41) is 0. The van der Waals surface area contributed by atoms with Crippen molar-refractivity contribution >= 4 is 0 Å². The number of hydrogen-bond donors (Lipinski definition) is 0. The molecule has 0 spiro atoms. The Labute approximate surface area is 212 Å². The molecule has 202 valence electrons. The summed E-state index contributed by atoms with van der Waals surface area (Å²) in [6.07, 6.45) is 13.3. The summed E-state index contributed by atoms with van der Waals surface area (Å²) >= 11 is 0. The third kappa shape index (κ3) is 20.6. The van der Waals surface area contributed by atoms with E-state index in [-0.39, 0.29) is 12.5 Å². The molecule has 0 N–H and O–H groups in total. The lowest BCUT2D eigenvalue weighted by molar-refractivity contribution is -0.135. The number of halogens is 3. The van der Waals surface area contributed by atoms with E-state index in [1.807, 2.05) is 18.2 Å². The number of unbranched alkanes of at least 4 members (excludes halogenated alkanes) is 8. The maximum atomic E-state index is 12.1. The standard InChI is InChI=1S/C30H49F3O2/c1-3-29(35-25-28-21-15-12-16-22-28)26-34-24-18-11-7-9-14-20-27(2)19-13-8-5-4-6-10-17-23-30(31,32)33/h9,12,14-16,21-22,27,29H,3-8,10-11,13,17-20,23-26H2,1-2H3/b14-9+. The average molecular weight is 499 g/mol. The lowest BCUT2D eigenvalue weighted by Crippen LogP contribution is -2.19. The van der Waals surface area contributed by atoms with E-state index in [1.54, 1.807) is 0 Å². The minimum atomic E-state index is -3.99. The van der Waals surface area contributed by atoms with Gasteiger partial charge in [-0.05, 0) is 50.0 Å². The van der Waals surface area contributed by atoms with Crippen LogP contribution in [0.2, 0.25) is 0 Å². The van der Waals surface area contributed by atoms with Gasteiger partial charge in [-0.25, -0.2) is 0 Å². The Morgan fingerprint density at radius 3 is 2.23 bits per heavy atom. The molecule has 0 aliphatic rings. The lowest BCUT2D eigenvalue weighted by Gasteiger charge is -2.16. The monoisotopic (exact) mass is 498 g/mol. The van der Waals surface area contributed by atoms with Crippen LogP contribution >= 0.6 is 0 Å². The molecule has 2 nitrogen and oxygen atoms in total. The van der Waals surface area contributed by atoms with E-state index in [0.29, 0.717) is 25.6 Å². The Bertz CT molecular complexity index is 616. The van der Waals surface area contributed by atoms with Gasteiger partial charge in [-0.3, -0.25) is 0 Å². The number of alkyl halides is 3. The maximum absolute atomic E-state index is 12.1. The van der Waals surface area contributed by atoms with E-state index < -0.39 is 12.6 Å². The fourth-order valence-electron chi connectivity index (χ4n) is 4.02. The smallest absolute Gasteiger partial charge is 0.379 e. The second-order valence-corrected chi connectivity index (χ2v) is 9.84. The van der Waals surface area contributed by atoms with Crippen LogP contribution in [-0.4, -0.2) is 25.5 Å². The van der Waals surface area contributed by atoms with Gasteiger partial charge in [-0.1, -0.05) is 101 Å². The van der Waals surface area contributed by atoms with Crippen LogP contribution in [0.15, 0.2) is 42.5 Å². The molecule has 35 heavy (non-hydrogen) atoms. The Kier molecular flexibility index (Phi) is 18.9. The first kappa shape index (κ1) is 31.7. The molecule has 2 unspecified atom stereocenters. The summed E-state index contributed by atoms with van der Waals surface area (Å²) in [7, 11) is 0. The van der Waals surface area contributed by atoms with Crippen LogP contribution in [0.25, 0.3) is 0 Å². The third-order valence-corrected chi connectivity index (χ3v) is 6.36. The number of ether oxygens (including phenoxy) is 2. The van der Waals surface area contributed by atoms with Gasteiger partial charge in [-0.15, -0.1) is 0 Å². The van der Waals surface area contributed by atoms with Gasteiger partial charge in [0, 0.05) is 13.0 Å². The van der Waals surface area contributed by atoms with E-state index >= 15 is 0 Å². The van der Waals surface area contributed by atoms with Gasteiger partial charge in [-0.2, -0.15) is 13.2 Å². The Hall–Kier alpha value is -1.33. The average Bonchev–Trinajstić information content (AvgIpc) is 2.83. The zero-order chi connectivity index (χ0) is 25.6. The van der Waals surface area contributed by atoms with Gasteiger partial charge < -0.3 is 9.47 Å². The second kappa shape index (κ2) is 20.8. The summed E-state index contributed by atoms with van der Waals surface area (Å²) in [6, 6.07) is 10.3. The zero-order valence-electron chi connectivity index (χ0n) is 22.2. The van der Waals surface area contributed by atoms with Crippen molar-refractivity contribution < 1.29 is 22.6 Å². The largest absolute Gasteiger partial charge is 0.389 e. The van der Waals surface area contributed by atoms with Crippen molar-refractivity contribution in [2.24, 2.45) is 5.92 Å². The summed E-state index contributed by atoms with van der Waals surface area (Å²) in [6.45, 7) is 6.53. The third-order valence-electron chi connectivity index (χ3n) is 6.36. The Balaban J connectivity index is 1.88. The Morgan fingerprint density at radius 2 is 1.54 bits per heavy atom. The highest BCUT2D eigenvalue weighted by molar-refractivity contribution is 5.13. The molecule has 0 fully saturated rings. The fraction of sp³-hybridized carbons (Fsp3) is 0.733. The molecule has 0 saturated carbocycles. The summed E-state index contributed by atoms with van der Waals surface area (Å²) in [5.41, 5.74) is 1.20. The second-order valence-electron chi connectivity index (χ2n) is 9.84. The van der Waals surface area contributed by atoms with Crippen molar-refractivity contribution in [3.63, 3.8) is 0 Å². The molecule has 1 aromatic carbocycles. The highest BCUT2D eigenvalue weighted by Crippen LogP contribution is 2.23. The normalized spacial score (nSPS) is 14.0. The van der Waals surface area contributed by atoms with Crippen LogP contribution in [0.3, 0.4) is 0 Å². The number of allylic oxidation sites excluding steroid dienone is 2. The van der Waals surface area contributed by atoms with Crippen molar-refractivity contribution in [2.75, 3.05) is 13.2 Å². The van der Waals surface area contributed by atoms with Crippen LogP contribution in [0, 0.1) is 5.92 Å². The van der Waals surface area contributed by atoms with Crippen molar-refractivity contribution in [1.82, 2.24) is 0 Å². The molecular formula is C30H49F3O2. The molecule has 0 aliphatic carbocycles. The van der Waals surface area contributed by atoms with Crippen molar-refractivity contribution in [2.45, 2.75) is 123 Å². The van der Waals surface area contributed by atoms with E-state index in [0.717, 1.165) is 58.0 Å². The first-order valence-electron chi connectivity index (χ1n) is 13.9. The fourth-order valence-corrected chi connectivity index (χ4v) is 4.02. The van der Waals surface area contributed by atoms with Crippen LogP contribution in [0.4, 0.5) is 13.2 Å². The van der Waals surface area contributed by atoms with Crippen LogP contribution in [0.5, 0.6) is 0 Å². The molecule has 0 amide bonds.